The van der Waals surface area contributed by atoms with Gasteiger partial charge in [-0.1, -0.05) is 36.4 Å². The largest absolute Gasteiger partial charge is 0.481 e. The number of carbonyl (C=O) groups is 3. The maximum atomic E-state index is 14.2. The number of hydrogen-bond acceptors (Lipinski definition) is 14. The van der Waals surface area contributed by atoms with Crippen LogP contribution in [0.1, 0.15) is 44.7 Å². The molecule has 1 heterocycles. The lowest BCUT2D eigenvalue weighted by Gasteiger charge is -2.25. The summed E-state index contributed by atoms with van der Waals surface area (Å²) in [7, 11) is -15.1. The smallest absolute Gasteiger partial charge is 0.344 e. The van der Waals surface area contributed by atoms with Crippen molar-refractivity contribution in [3.63, 3.8) is 0 Å². The Bertz CT molecular complexity index is 2960. The number of nitrogens with one attached hydrogen (secondary N) is 2. The van der Waals surface area contributed by atoms with Gasteiger partial charge in [-0.3, -0.25) is 33.6 Å². The molecule has 4 aromatic carbocycles. The summed E-state index contributed by atoms with van der Waals surface area (Å²) in [4.78, 5) is 62.4. The minimum atomic E-state index is -5.29. The number of ether oxygens (including phenoxy) is 1. The zero-order chi connectivity index (χ0) is 40.9. The van der Waals surface area contributed by atoms with Gasteiger partial charge in [0.25, 0.3) is 31.5 Å². The van der Waals surface area contributed by atoms with Crippen molar-refractivity contribution in [1.82, 2.24) is 4.98 Å². The van der Waals surface area contributed by atoms with Gasteiger partial charge in [0.1, 0.15) is 22.0 Å². The van der Waals surface area contributed by atoms with E-state index in [-0.39, 0.29) is 39.0 Å². The van der Waals surface area contributed by atoms with Crippen LogP contribution < -0.4 is 10.9 Å². The molecule has 1 aliphatic rings. The van der Waals surface area contributed by atoms with Gasteiger partial charge < -0.3 is 20.1 Å². The minimum Gasteiger partial charge on any atom is -0.481 e. The number of H-pyrrole nitrogens is 1. The van der Waals surface area contributed by atoms with Crippen LogP contribution >= 0.6 is 0 Å². The predicted octanol–water partition coefficient (Wildman–Crippen LogP) is 3.88. The SMILES string of the molecule is O=C(O)CCCS(=O)(=O)c1cc(Nc2cc(S(=O)(=O)O)c3[nH]c(=O)c(C(=O)OCc4cccc([N+](=O)[O-])c4)c4c3c2C(=O)c2ccccc2-4)ccc1S(=O)(=O)O. The number of pyridine rings is 1. The Kier molecular flexibility index (Phi) is 10.1. The van der Waals surface area contributed by atoms with Crippen molar-refractivity contribution in [3.8, 4) is 11.1 Å². The Hall–Kier alpha value is -6.33. The number of hydrogen-bond donors (Lipinski definition) is 5. The summed E-state index contributed by atoms with van der Waals surface area (Å²) >= 11 is 0. The number of fused-ring (bicyclic) bond motifs is 2. The van der Waals surface area contributed by atoms with Crippen LogP contribution in [0.15, 0.2) is 92.3 Å². The molecule has 5 N–H and O–H groups in total. The summed E-state index contributed by atoms with van der Waals surface area (Å²) in [5.74, 6) is -4.32. The van der Waals surface area contributed by atoms with E-state index in [2.05, 4.69) is 10.3 Å². The molecule has 0 aliphatic heterocycles. The first-order valence-corrected chi connectivity index (χ1v) is 20.3. The summed E-state index contributed by atoms with van der Waals surface area (Å²) in [5.41, 5.74) is -4.34. The molecular formula is C34H25N3O16S3. The lowest BCUT2D eigenvalue weighted by Crippen LogP contribution is -2.25. The molecule has 0 atom stereocenters. The quantitative estimate of drug-likeness (QED) is 0.0477. The number of nitrogens with zero attached hydrogens (tertiary/aromatic N) is 1. The van der Waals surface area contributed by atoms with E-state index in [4.69, 9.17) is 9.84 Å². The van der Waals surface area contributed by atoms with Gasteiger partial charge in [-0.2, -0.15) is 16.8 Å². The first kappa shape index (κ1) is 39.4. The first-order valence-electron chi connectivity index (χ1n) is 15.8. The monoisotopic (exact) mass is 827 g/mol. The molecule has 22 heteroatoms. The van der Waals surface area contributed by atoms with Crippen LogP contribution in [0, 0.1) is 10.1 Å². The lowest BCUT2D eigenvalue weighted by molar-refractivity contribution is -0.384. The van der Waals surface area contributed by atoms with Gasteiger partial charge in [0.2, 0.25) is 0 Å². The summed E-state index contributed by atoms with van der Waals surface area (Å²) in [6, 6.07) is 13.7. The number of sulfone groups is 1. The van der Waals surface area contributed by atoms with E-state index >= 15 is 0 Å². The van der Waals surface area contributed by atoms with Gasteiger partial charge >= 0.3 is 11.9 Å². The van der Waals surface area contributed by atoms with Crippen molar-refractivity contribution in [1.29, 1.82) is 0 Å². The number of rotatable bonds is 13. The number of nitro benzene ring substituents is 1. The van der Waals surface area contributed by atoms with Crippen LogP contribution in [0.3, 0.4) is 0 Å². The van der Waals surface area contributed by atoms with Crippen LogP contribution in [0.4, 0.5) is 17.1 Å². The van der Waals surface area contributed by atoms with Gasteiger partial charge in [-0.15, -0.1) is 0 Å². The molecule has 19 nitrogen and oxygen atoms in total. The Morgan fingerprint density at radius 2 is 1.50 bits per heavy atom. The Balaban J connectivity index is 1.58. The molecule has 56 heavy (non-hydrogen) atoms. The average molecular weight is 828 g/mol. The zero-order valence-corrected chi connectivity index (χ0v) is 30.5. The van der Waals surface area contributed by atoms with Crippen LogP contribution in [-0.2, 0) is 46.2 Å². The van der Waals surface area contributed by atoms with Gasteiger partial charge in [0, 0.05) is 40.8 Å². The van der Waals surface area contributed by atoms with Crippen LogP contribution in [-0.4, -0.2) is 72.8 Å². The van der Waals surface area contributed by atoms with Gasteiger partial charge in [-0.25, -0.2) is 13.2 Å². The van der Waals surface area contributed by atoms with Gasteiger partial charge in [-0.05, 0) is 41.8 Å². The molecule has 1 aromatic heterocycles. The highest BCUT2D eigenvalue weighted by Crippen LogP contribution is 2.45. The van der Waals surface area contributed by atoms with E-state index in [1.807, 2.05) is 0 Å². The topological polar surface area (TPSA) is 312 Å². The third-order valence-electron chi connectivity index (χ3n) is 8.54. The summed E-state index contributed by atoms with van der Waals surface area (Å²) in [5, 5.41) is 22.5. The number of aromatic amines is 1. The Labute approximate surface area is 315 Å². The predicted molar refractivity (Wildman–Crippen MR) is 194 cm³/mol. The first-order chi connectivity index (χ1) is 26.2. The molecule has 290 valence electrons. The van der Waals surface area contributed by atoms with E-state index in [9.17, 15) is 63.7 Å². The molecule has 0 fully saturated rings. The Morgan fingerprint density at radius 3 is 2.14 bits per heavy atom. The van der Waals surface area contributed by atoms with Crippen molar-refractivity contribution < 1.29 is 63.5 Å². The van der Waals surface area contributed by atoms with E-state index in [1.165, 1.54) is 42.5 Å². The van der Waals surface area contributed by atoms with Crippen molar-refractivity contribution in [2.45, 2.75) is 34.1 Å². The summed E-state index contributed by atoms with van der Waals surface area (Å²) < 4.78 is 102. The number of nitro groups is 1. The minimum absolute atomic E-state index is 0.0333. The zero-order valence-electron chi connectivity index (χ0n) is 28.1. The number of carboxylic acid groups (broad SMARTS) is 1. The van der Waals surface area contributed by atoms with Crippen LogP contribution in [0.5, 0.6) is 0 Å². The number of anilines is 2. The fourth-order valence-electron chi connectivity index (χ4n) is 6.18. The number of ketones is 1. The number of non-ortho nitro benzene ring substituents is 1. The standard InChI is InChI=1S/C34H25N3O16S3/c38-26(39)9-4-12-54(45,46)24-14-18(10-11-23(24)55(47,48)49)35-22-15-25(56(50,51)52)31-29-27(20-7-1-2-8-21(20)32(40)28(22)29)30(33(41)36-31)34(42)53-16-17-5-3-6-19(13-17)37(43)44/h1-3,5-8,10-11,13-15,35H,4,9,12,16H2,(H,36,41)(H,38,39)(H,47,48,49)(H,50,51,52). The maximum absolute atomic E-state index is 14.2. The molecule has 0 saturated heterocycles. The highest BCUT2D eigenvalue weighted by molar-refractivity contribution is 7.92. The number of aliphatic carboxylic acids is 1. The number of benzene rings is 4. The van der Waals surface area contributed by atoms with Crippen molar-refractivity contribution >= 4 is 75.8 Å². The highest BCUT2D eigenvalue weighted by Gasteiger charge is 2.36. The molecule has 5 aromatic rings. The fourth-order valence-corrected chi connectivity index (χ4v) is 9.54. The summed E-state index contributed by atoms with van der Waals surface area (Å²) in [6.45, 7) is -0.566. The molecular weight excluding hydrogens is 803 g/mol. The molecule has 0 bridgehead atoms. The number of aromatic nitrogens is 1. The highest BCUT2D eigenvalue weighted by atomic mass is 32.2. The second kappa shape index (κ2) is 14.4. The number of carbonyl (C=O) groups excluding carboxylic acids is 2. The summed E-state index contributed by atoms with van der Waals surface area (Å²) in [6.07, 6.45) is -1.05. The van der Waals surface area contributed by atoms with E-state index in [1.54, 1.807) is 0 Å². The second-order valence-electron chi connectivity index (χ2n) is 12.2. The van der Waals surface area contributed by atoms with E-state index in [0.29, 0.717) is 6.07 Å². The van der Waals surface area contributed by atoms with E-state index < -0.39 is 120 Å². The molecule has 0 radical (unpaired) electrons. The molecule has 1 aliphatic carbocycles. The number of esters is 1. The second-order valence-corrected chi connectivity index (χ2v) is 17.0. The van der Waals surface area contributed by atoms with Crippen molar-refractivity contribution in [3.05, 3.63) is 116 Å². The maximum Gasteiger partial charge on any atom is 0.344 e. The van der Waals surface area contributed by atoms with Crippen LogP contribution in [0.25, 0.3) is 22.0 Å². The van der Waals surface area contributed by atoms with E-state index in [0.717, 1.165) is 24.3 Å². The Morgan fingerprint density at radius 1 is 0.821 bits per heavy atom. The average Bonchev–Trinajstić information content (AvgIpc) is 3.11. The van der Waals surface area contributed by atoms with Crippen molar-refractivity contribution in [2.75, 3.05) is 11.1 Å². The van der Waals surface area contributed by atoms with Gasteiger partial charge in [0.05, 0.1) is 32.3 Å². The fraction of sp³-hybridized carbons (Fsp3) is 0.118. The molecule has 0 unspecified atom stereocenters. The molecule has 0 amide bonds. The number of carboxylic acids is 1. The molecule has 0 spiro atoms. The lowest BCUT2D eigenvalue weighted by atomic mass is 9.81. The third kappa shape index (κ3) is 7.50. The third-order valence-corrected chi connectivity index (χ3v) is 12.3. The van der Waals surface area contributed by atoms with Gasteiger partial charge in [0.15, 0.2) is 15.6 Å². The molecule has 6 rings (SSSR count). The van der Waals surface area contributed by atoms with Crippen LogP contribution in [0.2, 0.25) is 0 Å². The normalized spacial score (nSPS) is 12.6. The molecule has 0 saturated carbocycles. The van der Waals surface area contributed by atoms with Crippen molar-refractivity contribution in [2.24, 2.45) is 0 Å².